The van der Waals surface area contributed by atoms with Crippen LogP contribution in [0.2, 0.25) is 0 Å². The van der Waals surface area contributed by atoms with Crippen LogP contribution in [0.15, 0.2) is 5.16 Å². The first kappa shape index (κ1) is 15.4. The number of nitrogens with zero attached hydrogens (tertiary/aromatic N) is 1. The fourth-order valence-corrected chi connectivity index (χ4v) is 1.17. The van der Waals surface area contributed by atoms with Gasteiger partial charge in [0.2, 0.25) is 5.82 Å². The lowest BCUT2D eigenvalue weighted by Crippen LogP contribution is -2.09. The van der Waals surface area contributed by atoms with Gasteiger partial charge in [-0.3, -0.25) is 0 Å². The van der Waals surface area contributed by atoms with Crippen molar-refractivity contribution in [1.82, 2.24) is 0 Å². The van der Waals surface area contributed by atoms with E-state index in [2.05, 4.69) is 9.99 Å². The molecule has 0 aliphatic rings. The third kappa shape index (κ3) is 3.19. The van der Waals surface area contributed by atoms with Crippen LogP contribution in [0.5, 0.6) is 0 Å². The van der Waals surface area contributed by atoms with Crippen molar-refractivity contribution >= 4 is 5.71 Å². The second-order valence-electron chi connectivity index (χ2n) is 3.49. The maximum atomic E-state index is 13.2. The van der Waals surface area contributed by atoms with Crippen LogP contribution in [-0.4, -0.2) is 17.4 Å². The summed E-state index contributed by atoms with van der Waals surface area (Å²) in [6.07, 6.45) is 0.313. The smallest absolute Gasteiger partial charge is 0.200 e. The second-order valence-corrected chi connectivity index (χ2v) is 3.49. The predicted octanol–water partition coefficient (Wildman–Crippen LogP) is 2.66. The van der Waals surface area contributed by atoms with E-state index in [4.69, 9.17) is 5.11 Å². The van der Waals surface area contributed by atoms with Gasteiger partial charge in [-0.1, -0.05) is 12.1 Å². The fourth-order valence-electron chi connectivity index (χ4n) is 1.17. The SMILES string of the molecule is CC/C(CO)=N/OCc1c(F)c(F)c(F)c(F)c1F. The molecule has 0 aliphatic carbocycles. The Kier molecular flexibility index (Phi) is 5.22. The van der Waals surface area contributed by atoms with Crippen molar-refractivity contribution in [2.45, 2.75) is 20.0 Å². The summed E-state index contributed by atoms with van der Waals surface area (Å²) >= 11 is 0. The molecule has 0 atom stereocenters. The molecule has 1 N–H and O–H groups in total. The maximum Gasteiger partial charge on any atom is 0.200 e. The van der Waals surface area contributed by atoms with Crippen molar-refractivity contribution in [1.29, 1.82) is 0 Å². The summed E-state index contributed by atoms with van der Waals surface area (Å²) in [5, 5.41) is 12.0. The Bertz CT molecular complexity index is 469. The third-order valence-electron chi connectivity index (χ3n) is 2.29. The summed E-state index contributed by atoms with van der Waals surface area (Å²) in [7, 11) is 0. The largest absolute Gasteiger partial charge is 0.391 e. The van der Waals surface area contributed by atoms with E-state index < -0.39 is 47.9 Å². The molecule has 8 heteroatoms. The standard InChI is InChI=1S/C11H10F5NO2/c1-2-5(3-18)17-19-4-6-7(12)9(14)11(16)10(15)8(6)13/h18H,2-4H2,1H3/b17-5-. The van der Waals surface area contributed by atoms with E-state index >= 15 is 0 Å². The zero-order valence-electron chi connectivity index (χ0n) is 9.81. The minimum atomic E-state index is -2.23. The van der Waals surface area contributed by atoms with Crippen LogP contribution in [0.3, 0.4) is 0 Å². The highest BCUT2D eigenvalue weighted by atomic mass is 19.2. The number of rotatable bonds is 5. The molecular weight excluding hydrogens is 273 g/mol. The Balaban J connectivity index is 3.00. The predicted molar refractivity (Wildman–Crippen MR) is 55.8 cm³/mol. The molecule has 19 heavy (non-hydrogen) atoms. The molecular formula is C11H10F5NO2. The summed E-state index contributed by atoms with van der Waals surface area (Å²) in [6, 6.07) is 0. The van der Waals surface area contributed by atoms with Crippen LogP contribution in [0.4, 0.5) is 22.0 Å². The lowest BCUT2D eigenvalue weighted by Gasteiger charge is -2.07. The van der Waals surface area contributed by atoms with E-state index in [9.17, 15) is 22.0 Å². The van der Waals surface area contributed by atoms with Gasteiger partial charge in [0.1, 0.15) is 6.61 Å². The van der Waals surface area contributed by atoms with Gasteiger partial charge in [-0.25, -0.2) is 22.0 Å². The molecule has 0 radical (unpaired) electrons. The lowest BCUT2D eigenvalue weighted by molar-refractivity contribution is 0.120. The minimum absolute atomic E-state index is 0.170. The molecule has 106 valence electrons. The number of hydrogen-bond acceptors (Lipinski definition) is 3. The zero-order chi connectivity index (χ0) is 14.6. The van der Waals surface area contributed by atoms with Gasteiger partial charge in [0.15, 0.2) is 23.3 Å². The summed E-state index contributed by atoms with van der Waals surface area (Å²) < 4.78 is 64.8. The van der Waals surface area contributed by atoms with Gasteiger partial charge < -0.3 is 9.94 Å². The molecule has 0 bridgehead atoms. The summed E-state index contributed by atoms with van der Waals surface area (Å²) in [5.74, 6) is -10.2. The molecule has 0 saturated heterocycles. The van der Waals surface area contributed by atoms with Gasteiger partial charge in [-0.05, 0) is 6.42 Å². The third-order valence-corrected chi connectivity index (χ3v) is 2.29. The van der Waals surface area contributed by atoms with Crippen molar-refractivity contribution < 1.29 is 31.9 Å². The minimum Gasteiger partial charge on any atom is -0.391 e. The van der Waals surface area contributed by atoms with Crippen molar-refractivity contribution in [3.63, 3.8) is 0 Å². The molecule has 0 amide bonds. The van der Waals surface area contributed by atoms with Gasteiger partial charge in [-0.15, -0.1) is 0 Å². The Labute approximate surface area is 105 Å². The van der Waals surface area contributed by atoms with E-state index in [-0.39, 0.29) is 5.71 Å². The van der Waals surface area contributed by atoms with Crippen LogP contribution >= 0.6 is 0 Å². The summed E-state index contributed by atoms with van der Waals surface area (Å²) in [5.41, 5.74) is -0.947. The van der Waals surface area contributed by atoms with Crippen LogP contribution in [0, 0.1) is 29.1 Å². The number of aliphatic hydroxyl groups is 1. The Morgan fingerprint density at radius 2 is 1.47 bits per heavy atom. The molecule has 1 aromatic rings. The van der Waals surface area contributed by atoms with Crippen LogP contribution in [0.25, 0.3) is 0 Å². The molecule has 0 spiro atoms. The van der Waals surface area contributed by atoms with Crippen molar-refractivity contribution in [2.24, 2.45) is 5.16 Å². The van der Waals surface area contributed by atoms with Crippen molar-refractivity contribution in [3.8, 4) is 0 Å². The average molecular weight is 283 g/mol. The number of aliphatic hydroxyl groups excluding tert-OH is 1. The van der Waals surface area contributed by atoms with Crippen molar-refractivity contribution in [2.75, 3.05) is 6.61 Å². The first-order valence-electron chi connectivity index (χ1n) is 5.22. The van der Waals surface area contributed by atoms with E-state index in [1.54, 1.807) is 6.92 Å². The molecule has 0 fully saturated rings. The number of hydrogen-bond donors (Lipinski definition) is 1. The summed E-state index contributed by atoms with van der Waals surface area (Å²) in [6.45, 7) is 0.264. The highest BCUT2D eigenvalue weighted by molar-refractivity contribution is 5.84. The van der Waals surface area contributed by atoms with E-state index in [1.807, 2.05) is 0 Å². The van der Waals surface area contributed by atoms with E-state index in [1.165, 1.54) is 0 Å². The van der Waals surface area contributed by atoms with Crippen LogP contribution in [0.1, 0.15) is 18.9 Å². The van der Waals surface area contributed by atoms with Gasteiger partial charge in [-0.2, -0.15) is 0 Å². The fraction of sp³-hybridized carbons (Fsp3) is 0.364. The molecule has 1 aromatic carbocycles. The van der Waals surface area contributed by atoms with E-state index in [0.717, 1.165) is 0 Å². The Morgan fingerprint density at radius 1 is 1.00 bits per heavy atom. The Hall–Kier alpha value is -1.70. The first-order chi connectivity index (χ1) is 8.93. The van der Waals surface area contributed by atoms with Gasteiger partial charge in [0.25, 0.3) is 0 Å². The molecule has 0 aliphatic heterocycles. The first-order valence-corrected chi connectivity index (χ1v) is 5.22. The molecule has 0 saturated carbocycles. The average Bonchev–Trinajstić information content (AvgIpc) is 2.42. The second kappa shape index (κ2) is 6.46. The number of halogens is 5. The quantitative estimate of drug-likeness (QED) is 0.297. The number of benzene rings is 1. The monoisotopic (exact) mass is 283 g/mol. The van der Waals surface area contributed by atoms with Gasteiger partial charge >= 0.3 is 0 Å². The van der Waals surface area contributed by atoms with Gasteiger partial charge in [0, 0.05) is 0 Å². The van der Waals surface area contributed by atoms with Gasteiger partial charge in [0.05, 0.1) is 17.9 Å². The van der Waals surface area contributed by atoms with Crippen LogP contribution in [-0.2, 0) is 11.4 Å². The number of oxime groups is 1. The highest BCUT2D eigenvalue weighted by Gasteiger charge is 2.25. The topological polar surface area (TPSA) is 41.8 Å². The lowest BCUT2D eigenvalue weighted by atomic mass is 10.2. The molecule has 1 rings (SSSR count). The maximum absolute atomic E-state index is 13.2. The van der Waals surface area contributed by atoms with Crippen LogP contribution < -0.4 is 0 Å². The summed E-state index contributed by atoms with van der Waals surface area (Å²) in [4.78, 5) is 4.47. The molecule has 3 nitrogen and oxygen atoms in total. The molecule has 0 aromatic heterocycles. The zero-order valence-corrected chi connectivity index (χ0v) is 9.81. The molecule has 0 heterocycles. The molecule has 0 unspecified atom stereocenters. The normalized spacial score (nSPS) is 11.8. The van der Waals surface area contributed by atoms with E-state index in [0.29, 0.717) is 6.42 Å². The Morgan fingerprint density at radius 3 is 1.89 bits per heavy atom. The van der Waals surface area contributed by atoms with Crippen molar-refractivity contribution in [3.05, 3.63) is 34.6 Å². The highest BCUT2D eigenvalue weighted by Crippen LogP contribution is 2.23.